The lowest BCUT2D eigenvalue weighted by molar-refractivity contribution is 0.0591. The summed E-state index contributed by atoms with van der Waals surface area (Å²) in [5, 5.41) is 1.06. The van der Waals surface area contributed by atoms with Crippen LogP contribution in [0.15, 0.2) is 36.5 Å². The number of aromatic nitrogens is 1. The highest BCUT2D eigenvalue weighted by Gasteiger charge is 2.14. The Morgan fingerprint density at radius 1 is 1.29 bits per heavy atom. The van der Waals surface area contributed by atoms with Gasteiger partial charge < -0.3 is 9.30 Å². The molecule has 3 nitrogen and oxygen atoms in total. The Balaban J connectivity index is 2.57. The Morgan fingerprint density at radius 3 is 2.76 bits per heavy atom. The maximum atomic E-state index is 11.5. The molecule has 1 aromatic carbocycles. The largest absolute Gasteiger partial charge is 0.464 e. The van der Waals surface area contributed by atoms with E-state index in [9.17, 15) is 4.79 Å². The summed E-state index contributed by atoms with van der Waals surface area (Å²) in [6.07, 6.45) is 1.73. The molecule has 0 spiro atoms. The lowest BCUT2D eigenvalue weighted by atomic mass is 10.3. The van der Waals surface area contributed by atoms with Crippen LogP contribution in [-0.2, 0) is 4.74 Å². The molecule has 0 atom stereocenters. The van der Waals surface area contributed by atoms with Crippen molar-refractivity contribution >= 4 is 29.2 Å². The number of rotatable bonds is 2. The van der Waals surface area contributed by atoms with Crippen molar-refractivity contribution in [1.29, 1.82) is 0 Å². The number of hydrogen-bond acceptors (Lipinski definition) is 2. The first kappa shape index (κ1) is 12.0. The minimum atomic E-state index is -0.425. The average Bonchev–Trinajstić information content (AvgIpc) is 2.80. The molecule has 17 heavy (non-hydrogen) atoms. The monoisotopic (exact) mass is 269 g/mol. The lowest BCUT2D eigenvalue weighted by Gasteiger charge is -2.09. The molecule has 0 amide bonds. The Bertz CT molecular complexity index is 563. The molecule has 0 aliphatic heterocycles. The number of carbonyl (C=O) groups is 1. The predicted molar refractivity (Wildman–Crippen MR) is 67.1 cm³/mol. The van der Waals surface area contributed by atoms with Crippen molar-refractivity contribution in [2.45, 2.75) is 0 Å². The Labute approximate surface area is 109 Å². The molecule has 0 N–H and O–H groups in total. The molecule has 0 aliphatic carbocycles. The van der Waals surface area contributed by atoms with Crippen LogP contribution in [0.25, 0.3) is 5.69 Å². The van der Waals surface area contributed by atoms with Crippen LogP contribution in [0.4, 0.5) is 0 Å². The molecule has 0 radical (unpaired) electrons. The van der Waals surface area contributed by atoms with Crippen LogP contribution in [0.1, 0.15) is 10.5 Å². The fourth-order valence-corrected chi connectivity index (χ4v) is 1.91. The zero-order chi connectivity index (χ0) is 12.4. The number of carbonyl (C=O) groups excluding carboxylic acids is 1. The van der Waals surface area contributed by atoms with E-state index >= 15 is 0 Å². The normalized spacial score (nSPS) is 10.3. The third-order valence-electron chi connectivity index (χ3n) is 2.31. The average molecular weight is 270 g/mol. The maximum Gasteiger partial charge on any atom is 0.355 e. The summed E-state index contributed by atoms with van der Waals surface area (Å²) in [4.78, 5) is 11.5. The topological polar surface area (TPSA) is 31.2 Å². The molecular formula is C12H9Cl2NO2. The highest BCUT2D eigenvalue weighted by Crippen LogP contribution is 2.26. The Morgan fingerprint density at radius 2 is 2.06 bits per heavy atom. The van der Waals surface area contributed by atoms with Crippen molar-refractivity contribution in [2.24, 2.45) is 0 Å². The molecule has 0 bridgehead atoms. The summed E-state index contributed by atoms with van der Waals surface area (Å²) in [7, 11) is 1.33. The molecule has 0 fully saturated rings. The lowest BCUT2D eigenvalue weighted by Crippen LogP contribution is -2.08. The molecule has 2 rings (SSSR count). The number of hydrogen-bond donors (Lipinski definition) is 0. The van der Waals surface area contributed by atoms with Crippen molar-refractivity contribution in [3.05, 3.63) is 52.3 Å². The molecule has 0 unspecified atom stereocenters. The van der Waals surface area contributed by atoms with Crippen LogP contribution in [0.3, 0.4) is 0 Å². The fraction of sp³-hybridized carbons (Fsp3) is 0.0833. The Kier molecular flexibility index (Phi) is 3.41. The second kappa shape index (κ2) is 4.82. The number of benzene rings is 1. The van der Waals surface area contributed by atoms with Gasteiger partial charge in [-0.25, -0.2) is 4.79 Å². The number of ether oxygens (including phenoxy) is 1. The smallest absolute Gasteiger partial charge is 0.355 e. The van der Waals surface area contributed by atoms with Crippen LogP contribution in [-0.4, -0.2) is 17.6 Å². The number of halogens is 2. The van der Waals surface area contributed by atoms with E-state index in [-0.39, 0.29) is 0 Å². The van der Waals surface area contributed by atoms with Gasteiger partial charge in [-0.1, -0.05) is 23.2 Å². The van der Waals surface area contributed by atoms with E-state index in [1.807, 2.05) is 0 Å². The molecule has 1 aromatic heterocycles. The van der Waals surface area contributed by atoms with Gasteiger partial charge >= 0.3 is 5.97 Å². The number of methoxy groups -OCH3 is 1. The molecule has 0 saturated carbocycles. The molecule has 2 aromatic rings. The van der Waals surface area contributed by atoms with Gasteiger partial charge in [-0.05, 0) is 30.3 Å². The quantitative estimate of drug-likeness (QED) is 0.781. The molecule has 0 saturated heterocycles. The molecule has 0 aliphatic rings. The molecule has 1 heterocycles. The summed E-state index contributed by atoms with van der Waals surface area (Å²) < 4.78 is 6.33. The van der Waals surface area contributed by atoms with E-state index in [4.69, 9.17) is 27.9 Å². The molecule has 88 valence electrons. The van der Waals surface area contributed by atoms with Crippen molar-refractivity contribution < 1.29 is 9.53 Å². The molecular weight excluding hydrogens is 261 g/mol. The highest BCUT2D eigenvalue weighted by atomic mass is 35.5. The minimum Gasteiger partial charge on any atom is -0.464 e. The van der Waals surface area contributed by atoms with Crippen LogP contribution < -0.4 is 0 Å². The first-order valence-corrected chi connectivity index (χ1v) is 5.60. The standard InChI is InChI=1S/C12H9Cl2NO2/c1-17-12(16)10-3-2-6-15(10)11-7-8(13)4-5-9(11)14/h2-7H,1H3. The van der Waals surface area contributed by atoms with Crippen LogP contribution in [0.5, 0.6) is 0 Å². The van der Waals surface area contributed by atoms with Gasteiger partial charge in [0, 0.05) is 11.2 Å². The summed E-state index contributed by atoms with van der Waals surface area (Å²) in [5.74, 6) is -0.425. The van der Waals surface area contributed by atoms with Gasteiger partial charge in [-0.2, -0.15) is 0 Å². The Hall–Kier alpha value is -1.45. The van der Waals surface area contributed by atoms with E-state index in [1.54, 1.807) is 41.1 Å². The second-order valence-corrected chi connectivity index (χ2v) is 4.19. The van der Waals surface area contributed by atoms with Crippen LogP contribution >= 0.6 is 23.2 Å². The van der Waals surface area contributed by atoms with Crippen molar-refractivity contribution in [1.82, 2.24) is 4.57 Å². The van der Waals surface area contributed by atoms with Gasteiger partial charge in [0.25, 0.3) is 0 Å². The number of esters is 1. The van der Waals surface area contributed by atoms with Crippen LogP contribution in [0, 0.1) is 0 Å². The summed E-state index contributed by atoms with van der Waals surface area (Å²) in [6, 6.07) is 8.46. The van der Waals surface area contributed by atoms with Gasteiger partial charge in [0.05, 0.1) is 17.8 Å². The predicted octanol–water partition coefficient (Wildman–Crippen LogP) is 3.57. The second-order valence-electron chi connectivity index (χ2n) is 3.35. The van der Waals surface area contributed by atoms with Gasteiger partial charge in [-0.15, -0.1) is 0 Å². The molecule has 5 heteroatoms. The zero-order valence-corrected chi connectivity index (χ0v) is 10.5. The van der Waals surface area contributed by atoms with Gasteiger partial charge in [0.15, 0.2) is 0 Å². The zero-order valence-electron chi connectivity index (χ0n) is 8.98. The fourth-order valence-electron chi connectivity index (χ4n) is 1.53. The van der Waals surface area contributed by atoms with E-state index in [0.29, 0.717) is 21.4 Å². The highest BCUT2D eigenvalue weighted by molar-refractivity contribution is 6.34. The van der Waals surface area contributed by atoms with Crippen LogP contribution in [0.2, 0.25) is 10.0 Å². The summed E-state index contributed by atoms with van der Waals surface area (Å²) >= 11 is 12.0. The van der Waals surface area contributed by atoms with Gasteiger partial charge in [0.2, 0.25) is 0 Å². The third kappa shape index (κ3) is 2.30. The van der Waals surface area contributed by atoms with E-state index in [2.05, 4.69) is 0 Å². The third-order valence-corrected chi connectivity index (χ3v) is 2.87. The van der Waals surface area contributed by atoms with Crippen molar-refractivity contribution in [3.8, 4) is 5.69 Å². The first-order chi connectivity index (χ1) is 8.13. The summed E-state index contributed by atoms with van der Waals surface area (Å²) in [5.41, 5.74) is 1.04. The maximum absolute atomic E-state index is 11.5. The van der Waals surface area contributed by atoms with E-state index in [0.717, 1.165) is 0 Å². The summed E-state index contributed by atoms with van der Waals surface area (Å²) in [6.45, 7) is 0. The van der Waals surface area contributed by atoms with E-state index in [1.165, 1.54) is 7.11 Å². The SMILES string of the molecule is COC(=O)c1cccn1-c1cc(Cl)ccc1Cl. The number of nitrogens with zero attached hydrogens (tertiary/aromatic N) is 1. The van der Waals surface area contributed by atoms with Gasteiger partial charge in [0.1, 0.15) is 5.69 Å². The van der Waals surface area contributed by atoms with Gasteiger partial charge in [-0.3, -0.25) is 0 Å². The van der Waals surface area contributed by atoms with Crippen molar-refractivity contribution in [3.63, 3.8) is 0 Å². The minimum absolute atomic E-state index is 0.400. The van der Waals surface area contributed by atoms with E-state index < -0.39 is 5.97 Å². The van der Waals surface area contributed by atoms with Crippen molar-refractivity contribution in [2.75, 3.05) is 7.11 Å². The first-order valence-electron chi connectivity index (χ1n) is 4.84.